The van der Waals surface area contributed by atoms with Crippen LogP contribution in [0.5, 0.6) is 0 Å². The summed E-state index contributed by atoms with van der Waals surface area (Å²) in [4.78, 5) is 24.6. The Hall–Kier alpha value is -2.21. The molecule has 0 unspecified atom stereocenters. The number of thioether (sulfide) groups is 1. The van der Waals surface area contributed by atoms with Gasteiger partial charge in [-0.15, -0.1) is 11.8 Å². The number of fused-ring (bicyclic) bond motifs is 1. The van der Waals surface area contributed by atoms with Crippen molar-refractivity contribution < 1.29 is 14.0 Å². The molecule has 2 N–H and O–H groups in total. The van der Waals surface area contributed by atoms with E-state index in [2.05, 4.69) is 28.8 Å². The van der Waals surface area contributed by atoms with Gasteiger partial charge in [-0.25, -0.2) is 0 Å². The topological polar surface area (TPSA) is 71.3 Å². The first kappa shape index (κ1) is 16.6. The third kappa shape index (κ3) is 4.41. The van der Waals surface area contributed by atoms with Gasteiger partial charge in [0.25, 0.3) is 5.91 Å². The number of furan rings is 1. The quantitative estimate of drug-likeness (QED) is 0.598. The molecule has 0 radical (unpaired) electrons. The molecule has 0 atom stereocenters. The number of carbonyl (C=O) groups excluding carboxylic acids is 2. The minimum Gasteiger partial charge on any atom is -0.459 e. The second kappa shape index (κ2) is 8.06. The summed E-state index contributed by atoms with van der Waals surface area (Å²) in [5, 5.41) is 5.49. The molecule has 3 rings (SSSR count). The SMILES string of the molecule is O=C(CSc1ccc2c(c1)CCC2)NCCNC(=O)c1ccco1. The van der Waals surface area contributed by atoms with Crippen LogP contribution >= 0.6 is 11.8 Å². The van der Waals surface area contributed by atoms with Crippen molar-refractivity contribution in [1.82, 2.24) is 10.6 Å². The smallest absolute Gasteiger partial charge is 0.287 e. The van der Waals surface area contributed by atoms with E-state index in [1.165, 1.54) is 30.2 Å². The Morgan fingerprint density at radius 2 is 1.92 bits per heavy atom. The lowest BCUT2D eigenvalue weighted by atomic mass is 10.1. The van der Waals surface area contributed by atoms with Gasteiger partial charge in [0, 0.05) is 18.0 Å². The molecule has 1 aliphatic rings. The second-order valence-corrected chi connectivity index (χ2v) is 6.70. The molecule has 0 saturated heterocycles. The minimum absolute atomic E-state index is 0.0345. The molecule has 0 aliphatic heterocycles. The molecule has 24 heavy (non-hydrogen) atoms. The average Bonchev–Trinajstić information content (AvgIpc) is 3.27. The first-order chi connectivity index (χ1) is 11.7. The van der Waals surface area contributed by atoms with Crippen LogP contribution in [0.1, 0.15) is 28.1 Å². The lowest BCUT2D eigenvalue weighted by Gasteiger charge is -2.07. The largest absolute Gasteiger partial charge is 0.459 e. The van der Waals surface area contributed by atoms with Crippen LogP contribution in [0.25, 0.3) is 0 Å². The summed E-state index contributed by atoms with van der Waals surface area (Å²) in [6.07, 6.45) is 5.00. The molecular weight excluding hydrogens is 324 g/mol. The van der Waals surface area contributed by atoms with Crippen molar-refractivity contribution in [3.63, 3.8) is 0 Å². The maximum atomic E-state index is 11.9. The van der Waals surface area contributed by atoms with E-state index in [1.807, 2.05) is 0 Å². The standard InChI is InChI=1S/C18H20N2O3S/c21-17(19-8-9-20-18(22)16-5-2-10-23-16)12-24-15-7-6-13-3-1-4-14(13)11-15/h2,5-7,10-11H,1,3-4,8-9,12H2,(H,19,21)(H,20,22). The van der Waals surface area contributed by atoms with Crippen molar-refractivity contribution in [2.24, 2.45) is 0 Å². The van der Waals surface area contributed by atoms with Gasteiger partial charge in [0.05, 0.1) is 12.0 Å². The van der Waals surface area contributed by atoms with Gasteiger partial charge in [0.15, 0.2) is 5.76 Å². The summed E-state index contributed by atoms with van der Waals surface area (Å²) in [5.41, 5.74) is 2.86. The molecule has 2 amide bonds. The van der Waals surface area contributed by atoms with Gasteiger partial charge in [-0.3, -0.25) is 9.59 Å². The van der Waals surface area contributed by atoms with Crippen LogP contribution in [0, 0.1) is 0 Å². The Labute approximate surface area is 145 Å². The number of benzene rings is 1. The van der Waals surface area contributed by atoms with E-state index in [0.29, 0.717) is 18.8 Å². The highest BCUT2D eigenvalue weighted by atomic mass is 32.2. The molecule has 6 heteroatoms. The second-order valence-electron chi connectivity index (χ2n) is 5.66. The average molecular weight is 344 g/mol. The van der Waals surface area contributed by atoms with Gasteiger partial charge >= 0.3 is 0 Å². The van der Waals surface area contributed by atoms with Crippen molar-refractivity contribution >= 4 is 23.6 Å². The summed E-state index contributed by atoms with van der Waals surface area (Å²) >= 11 is 1.54. The number of amides is 2. The van der Waals surface area contributed by atoms with Crippen molar-refractivity contribution in [1.29, 1.82) is 0 Å². The third-order valence-electron chi connectivity index (χ3n) is 3.92. The van der Waals surface area contributed by atoms with Gasteiger partial charge < -0.3 is 15.1 Å². The van der Waals surface area contributed by atoms with Crippen LogP contribution in [-0.2, 0) is 17.6 Å². The van der Waals surface area contributed by atoms with Gasteiger partial charge in [-0.1, -0.05) is 6.07 Å². The molecular formula is C18H20N2O3S. The first-order valence-corrected chi connectivity index (χ1v) is 9.04. The van der Waals surface area contributed by atoms with Crippen LogP contribution in [0.15, 0.2) is 45.9 Å². The van der Waals surface area contributed by atoms with Crippen LogP contribution in [0.2, 0.25) is 0 Å². The van der Waals surface area contributed by atoms with Crippen LogP contribution in [0.4, 0.5) is 0 Å². The van der Waals surface area contributed by atoms with Crippen LogP contribution < -0.4 is 10.6 Å². The molecule has 5 nitrogen and oxygen atoms in total. The predicted molar refractivity (Wildman–Crippen MR) is 93.2 cm³/mol. The number of hydrogen-bond donors (Lipinski definition) is 2. The number of hydrogen-bond acceptors (Lipinski definition) is 4. The zero-order valence-corrected chi connectivity index (χ0v) is 14.2. The van der Waals surface area contributed by atoms with Crippen molar-refractivity contribution in [3.8, 4) is 0 Å². The number of nitrogens with one attached hydrogen (secondary N) is 2. The molecule has 1 aromatic heterocycles. The summed E-state index contributed by atoms with van der Waals surface area (Å²) in [6, 6.07) is 9.72. The van der Waals surface area contributed by atoms with E-state index < -0.39 is 0 Å². The molecule has 1 heterocycles. The Bertz CT molecular complexity index is 713. The molecule has 0 spiro atoms. The fraction of sp³-hybridized carbons (Fsp3) is 0.333. The molecule has 1 aromatic carbocycles. The van der Waals surface area contributed by atoms with Crippen molar-refractivity contribution in [2.75, 3.05) is 18.8 Å². The Balaban J connectivity index is 1.33. The van der Waals surface area contributed by atoms with E-state index in [1.54, 1.807) is 23.9 Å². The third-order valence-corrected chi connectivity index (χ3v) is 4.91. The highest BCUT2D eigenvalue weighted by Gasteiger charge is 2.12. The van der Waals surface area contributed by atoms with Gasteiger partial charge in [-0.05, 0) is 54.7 Å². The summed E-state index contributed by atoms with van der Waals surface area (Å²) < 4.78 is 4.99. The summed E-state index contributed by atoms with van der Waals surface area (Å²) in [7, 11) is 0. The maximum absolute atomic E-state index is 11.9. The van der Waals surface area contributed by atoms with Crippen LogP contribution in [-0.4, -0.2) is 30.7 Å². The van der Waals surface area contributed by atoms with Gasteiger partial charge in [0.1, 0.15) is 0 Å². The highest BCUT2D eigenvalue weighted by molar-refractivity contribution is 8.00. The lowest BCUT2D eigenvalue weighted by Crippen LogP contribution is -2.35. The van der Waals surface area contributed by atoms with E-state index >= 15 is 0 Å². The fourth-order valence-electron chi connectivity index (χ4n) is 2.71. The van der Waals surface area contributed by atoms with Crippen LogP contribution in [0.3, 0.4) is 0 Å². The maximum Gasteiger partial charge on any atom is 0.287 e. The van der Waals surface area contributed by atoms with Gasteiger partial charge in [-0.2, -0.15) is 0 Å². The summed E-state index contributed by atoms with van der Waals surface area (Å²) in [5.74, 6) is 0.341. The summed E-state index contributed by atoms with van der Waals surface area (Å²) in [6.45, 7) is 0.769. The normalized spacial score (nSPS) is 12.7. The number of carbonyl (C=O) groups is 2. The zero-order chi connectivity index (χ0) is 16.8. The number of aryl methyl sites for hydroxylation is 2. The van der Waals surface area contributed by atoms with Crippen molar-refractivity contribution in [2.45, 2.75) is 24.2 Å². The Morgan fingerprint density at radius 1 is 1.08 bits per heavy atom. The van der Waals surface area contributed by atoms with Gasteiger partial charge in [0.2, 0.25) is 5.91 Å². The number of rotatable bonds is 7. The molecule has 0 bridgehead atoms. The Morgan fingerprint density at radius 3 is 2.75 bits per heavy atom. The van der Waals surface area contributed by atoms with E-state index in [0.717, 1.165) is 11.3 Å². The first-order valence-electron chi connectivity index (χ1n) is 8.05. The van der Waals surface area contributed by atoms with E-state index in [-0.39, 0.29) is 17.6 Å². The van der Waals surface area contributed by atoms with E-state index in [4.69, 9.17) is 4.42 Å². The monoisotopic (exact) mass is 344 g/mol. The predicted octanol–water partition coefficient (Wildman–Crippen LogP) is 2.41. The Kier molecular flexibility index (Phi) is 5.59. The molecule has 0 fully saturated rings. The zero-order valence-electron chi connectivity index (χ0n) is 13.3. The minimum atomic E-state index is -0.276. The van der Waals surface area contributed by atoms with Crippen molar-refractivity contribution in [3.05, 3.63) is 53.5 Å². The molecule has 2 aromatic rings. The molecule has 0 saturated carbocycles. The molecule has 126 valence electrons. The fourth-order valence-corrected chi connectivity index (χ4v) is 3.50. The lowest BCUT2D eigenvalue weighted by molar-refractivity contribution is -0.118. The molecule has 1 aliphatic carbocycles. The highest BCUT2D eigenvalue weighted by Crippen LogP contribution is 2.27. The van der Waals surface area contributed by atoms with E-state index in [9.17, 15) is 9.59 Å².